The van der Waals surface area contributed by atoms with Crippen molar-refractivity contribution in [1.82, 2.24) is 5.32 Å². The van der Waals surface area contributed by atoms with Crippen LogP contribution in [0.5, 0.6) is 5.75 Å². The highest BCUT2D eigenvalue weighted by molar-refractivity contribution is 6.43. The Morgan fingerprint density at radius 3 is 2.43 bits per heavy atom. The number of ether oxygens (including phenoxy) is 1. The zero-order valence-corrected chi connectivity index (χ0v) is 17.7. The van der Waals surface area contributed by atoms with Crippen LogP contribution in [0.3, 0.4) is 0 Å². The summed E-state index contributed by atoms with van der Waals surface area (Å²) in [4.78, 5) is 35.4. The van der Waals surface area contributed by atoms with Gasteiger partial charge in [0.15, 0.2) is 5.54 Å². The number of hydrogen-bond acceptors (Lipinski definition) is 9. The average molecular weight is 422 g/mol. The van der Waals surface area contributed by atoms with Gasteiger partial charge >= 0.3 is 0 Å². The summed E-state index contributed by atoms with van der Waals surface area (Å²) >= 11 is 0. The third-order valence-corrected chi connectivity index (χ3v) is 5.29. The topological polar surface area (TPSA) is 146 Å². The Bertz CT molecular complexity index is 807. The Hall–Kier alpha value is -2.20. The number of ketones is 2. The number of rotatable bonds is 10. The molecule has 0 aromatic heterocycles. The first-order chi connectivity index (χ1) is 13.9. The lowest BCUT2D eigenvalue weighted by atomic mass is 9.87. The highest BCUT2D eigenvalue weighted by atomic mass is 16.5. The number of β-amino-alcohol motifs (C(OH)–C–C–N with tert-alkyl or cyclic N) is 1. The van der Waals surface area contributed by atoms with Crippen LogP contribution in [-0.4, -0.2) is 69.4 Å². The van der Waals surface area contributed by atoms with Crippen molar-refractivity contribution in [2.75, 3.05) is 13.2 Å². The maximum Gasteiger partial charge on any atom is 0.230 e. The summed E-state index contributed by atoms with van der Waals surface area (Å²) < 4.78 is 5.70. The van der Waals surface area contributed by atoms with E-state index in [1.165, 1.54) is 27.7 Å². The minimum Gasteiger partial charge on any atom is -0.491 e. The van der Waals surface area contributed by atoms with Crippen LogP contribution < -0.4 is 10.1 Å². The van der Waals surface area contributed by atoms with Gasteiger partial charge in [0.25, 0.3) is 0 Å². The van der Waals surface area contributed by atoms with Crippen molar-refractivity contribution in [2.24, 2.45) is 5.18 Å². The Morgan fingerprint density at radius 2 is 1.80 bits per heavy atom. The molecule has 0 spiro atoms. The maximum absolute atomic E-state index is 12.4. The van der Waals surface area contributed by atoms with E-state index in [4.69, 9.17) is 4.74 Å². The van der Waals surface area contributed by atoms with E-state index in [2.05, 4.69) is 10.5 Å². The van der Waals surface area contributed by atoms with Crippen molar-refractivity contribution in [3.63, 3.8) is 0 Å². The molecule has 1 aromatic carbocycles. The summed E-state index contributed by atoms with van der Waals surface area (Å²) in [6.45, 7) is 5.41. The van der Waals surface area contributed by atoms with E-state index in [1.807, 2.05) is 6.07 Å². The monoisotopic (exact) mass is 422 g/mol. The molecule has 30 heavy (non-hydrogen) atoms. The normalized spacial score (nSPS) is 20.2. The number of aliphatic hydroxyl groups is 3. The van der Waals surface area contributed by atoms with Gasteiger partial charge in [-0.3, -0.25) is 9.59 Å². The Morgan fingerprint density at radius 1 is 1.17 bits per heavy atom. The quantitative estimate of drug-likeness (QED) is 0.311. The standard InChI is InChI=1S/C21H30N2O7/c1-20(2,18(27)19(28)21(3,4)23-29)22-10-13(24)11-30-17-7-5-6-12-8-15(25)16(26)9-14(12)17/h5-7,13,15-16,22,24-26H,8-11H2,1-4H3. The Kier molecular flexibility index (Phi) is 7.46. The molecule has 1 aromatic rings. The second kappa shape index (κ2) is 9.30. The minimum atomic E-state index is -1.65. The van der Waals surface area contributed by atoms with E-state index >= 15 is 0 Å². The second-order valence-electron chi connectivity index (χ2n) is 8.72. The van der Waals surface area contributed by atoms with Gasteiger partial charge in [-0.1, -0.05) is 17.3 Å². The van der Waals surface area contributed by atoms with Crippen LogP contribution in [0.1, 0.15) is 38.8 Å². The van der Waals surface area contributed by atoms with Gasteiger partial charge in [-0.2, -0.15) is 0 Å². The molecular formula is C21H30N2O7. The molecule has 0 saturated carbocycles. The molecule has 0 aliphatic heterocycles. The van der Waals surface area contributed by atoms with Gasteiger partial charge in [-0.15, -0.1) is 4.91 Å². The van der Waals surface area contributed by atoms with E-state index in [9.17, 15) is 29.8 Å². The van der Waals surface area contributed by atoms with E-state index in [1.54, 1.807) is 12.1 Å². The number of fused-ring (bicyclic) bond motifs is 1. The van der Waals surface area contributed by atoms with Crippen LogP contribution in [0.2, 0.25) is 0 Å². The number of aliphatic hydroxyl groups excluding tert-OH is 3. The summed E-state index contributed by atoms with van der Waals surface area (Å²) in [7, 11) is 0. The third-order valence-electron chi connectivity index (χ3n) is 5.29. The molecule has 0 heterocycles. The molecule has 0 fully saturated rings. The van der Waals surface area contributed by atoms with Gasteiger partial charge in [0, 0.05) is 24.9 Å². The van der Waals surface area contributed by atoms with Gasteiger partial charge in [-0.25, -0.2) is 0 Å². The molecule has 0 saturated heterocycles. The van der Waals surface area contributed by atoms with Crippen LogP contribution in [-0.2, 0) is 22.4 Å². The number of carbonyl (C=O) groups excluding carboxylic acids is 2. The van der Waals surface area contributed by atoms with Crippen molar-refractivity contribution in [2.45, 2.75) is 69.9 Å². The molecule has 1 aliphatic rings. The first-order valence-electron chi connectivity index (χ1n) is 9.85. The predicted molar refractivity (Wildman–Crippen MR) is 109 cm³/mol. The minimum absolute atomic E-state index is 0.0304. The molecule has 3 unspecified atom stereocenters. The fourth-order valence-corrected chi connectivity index (χ4v) is 3.18. The van der Waals surface area contributed by atoms with Gasteiger partial charge in [-0.05, 0) is 39.3 Å². The molecule has 0 bridgehead atoms. The number of hydrogen-bond donors (Lipinski definition) is 4. The summed E-state index contributed by atoms with van der Waals surface area (Å²) in [5.41, 5.74) is -1.27. The third kappa shape index (κ3) is 5.48. The van der Waals surface area contributed by atoms with Crippen LogP contribution in [0.25, 0.3) is 0 Å². The number of carbonyl (C=O) groups is 2. The number of Topliss-reactive ketones (excluding diaryl/α,β-unsaturated/α-hetero) is 2. The average Bonchev–Trinajstić information content (AvgIpc) is 2.70. The molecule has 1 aliphatic carbocycles. The summed E-state index contributed by atoms with van der Waals surface area (Å²) in [5, 5.41) is 35.5. The molecule has 9 nitrogen and oxygen atoms in total. The Labute approximate surface area is 175 Å². The number of nitrogens with zero attached hydrogens (tertiary/aromatic N) is 1. The lowest BCUT2D eigenvalue weighted by Crippen LogP contribution is -2.55. The van der Waals surface area contributed by atoms with Gasteiger partial charge < -0.3 is 25.4 Å². The van der Waals surface area contributed by atoms with E-state index < -0.39 is 41.0 Å². The highest BCUT2D eigenvalue weighted by Crippen LogP contribution is 2.30. The van der Waals surface area contributed by atoms with Gasteiger partial charge in [0.05, 0.1) is 17.7 Å². The second-order valence-corrected chi connectivity index (χ2v) is 8.72. The van der Waals surface area contributed by atoms with Crippen molar-refractivity contribution < 1.29 is 29.6 Å². The van der Waals surface area contributed by atoms with Crippen molar-refractivity contribution >= 4 is 11.6 Å². The van der Waals surface area contributed by atoms with E-state index in [0.717, 1.165) is 11.1 Å². The molecule has 2 rings (SSSR count). The zero-order chi connectivity index (χ0) is 22.7. The highest BCUT2D eigenvalue weighted by Gasteiger charge is 2.42. The van der Waals surface area contributed by atoms with Crippen LogP contribution in [0.4, 0.5) is 0 Å². The van der Waals surface area contributed by atoms with Crippen molar-refractivity contribution in [3.05, 3.63) is 34.2 Å². The number of nitroso groups, excluding NO2 is 1. The van der Waals surface area contributed by atoms with Crippen LogP contribution >= 0.6 is 0 Å². The molecule has 166 valence electrons. The molecule has 0 radical (unpaired) electrons. The molecule has 3 atom stereocenters. The smallest absolute Gasteiger partial charge is 0.230 e. The molecular weight excluding hydrogens is 392 g/mol. The van der Waals surface area contributed by atoms with Crippen molar-refractivity contribution in [3.8, 4) is 5.75 Å². The largest absolute Gasteiger partial charge is 0.491 e. The summed E-state index contributed by atoms with van der Waals surface area (Å²) in [6, 6.07) is 5.36. The molecule has 4 N–H and O–H groups in total. The number of nitrogens with one attached hydrogen (secondary N) is 1. The SMILES string of the molecule is CC(C)(N=O)C(=O)C(=O)C(C)(C)NCC(O)COc1cccc2c1CC(O)C(O)C2. The first-order valence-corrected chi connectivity index (χ1v) is 9.85. The maximum atomic E-state index is 12.4. The van der Waals surface area contributed by atoms with Gasteiger partial charge in [0.1, 0.15) is 18.5 Å². The lowest BCUT2D eigenvalue weighted by molar-refractivity contribution is -0.142. The summed E-state index contributed by atoms with van der Waals surface area (Å²) in [6.07, 6.45) is -2.09. The van der Waals surface area contributed by atoms with E-state index in [0.29, 0.717) is 12.2 Å². The molecule has 0 amide bonds. The number of benzene rings is 1. The molecule has 9 heteroatoms. The Balaban J connectivity index is 1.94. The fourth-order valence-electron chi connectivity index (χ4n) is 3.18. The van der Waals surface area contributed by atoms with Gasteiger partial charge in [0.2, 0.25) is 11.6 Å². The van der Waals surface area contributed by atoms with E-state index in [-0.39, 0.29) is 19.6 Å². The first kappa shape index (κ1) is 24.1. The van der Waals surface area contributed by atoms with Crippen LogP contribution in [0, 0.1) is 4.91 Å². The van der Waals surface area contributed by atoms with Crippen LogP contribution in [0.15, 0.2) is 23.4 Å². The zero-order valence-electron chi connectivity index (χ0n) is 17.7. The lowest BCUT2D eigenvalue weighted by Gasteiger charge is -2.29. The summed E-state index contributed by atoms with van der Waals surface area (Å²) in [5.74, 6) is -1.19. The fraction of sp³-hybridized carbons (Fsp3) is 0.619. The predicted octanol–water partition coefficient (Wildman–Crippen LogP) is 0.298. The van der Waals surface area contributed by atoms with Crippen molar-refractivity contribution in [1.29, 1.82) is 0 Å².